The van der Waals surface area contributed by atoms with E-state index >= 15 is 0 Å². The smallest absolute Gasteiger partial charge is 0.265 e. The predicted octanol–water partition coefficient (Wildman–Crippen LogP) is 3.14. The maximum Gasteiger partial charge on any atom is 0.265 e. The van der Waals surface area contributed by atoms with Crippen LogP contribution in [-0.4, -0.2) is 82.6 Å². The van der Waals surface area contributed by atoms with Crippen LogP contribution in [0.1, 0.15) is 40.4 Å². The van der Waals surface area contributed by atoms with E-state index in [2.05, 4.69) is 15.0 Å². The lowest BCUT2D eigenvalue weighted by Crippen LogP contribution is -2.53. The molecule has 1 aromatic carbocycles. The normalized spacial score (nSPS) is 19.6. The first kappa shape index (κ1) is 30.8. The predicted molar refractivity (Wildman–Crippen MR) is 179 cm³/mol. The van der Waals surface area contributed by atoms with Gasteiger partial charge in [0.15, 0.2) is 0 Å². The van der Waals surface area contributed by atoms with Crippen LogP contribution in [0, 0.1) is 5.92 Å². The number of aliphatic hydroxyl groups is 1. The number of hydrogen-bond donors (Lipinski definition) is 2. The highest BCUT2D eigenvalue weighted by Crippen LogP contribution is 2.37. The Balaban J connectivity index is 1.04. The van der Waals surface area contributed by atoms with Crippen molar-refractivity contribution in [2.45, 2.75) is 37.3 Å². The number of nitrogens with zero attached hydrogens (tertiary/aromatic N) is 7. The Morgan fingerprint density at radius 3 is 2.60 bits per heavy atom. The van der Waals surface area contributed by atoms with Gasteiger partial charge in [-0.25, -0.2) is 15.0 Å². The molecule has 242 valence electrons. The van der Waals surface area contributed by atoms with Gasteiger partial charge in [0, 0.05) is 63.0 Å². The summed E-state index contributed by atoms with van der Waals surface area (Å²) in [5, 5.41) is 12.7. The highest BCUT2D eigenvalue weighted by atomic mass is 32.1. The molecular weight excluding hydrogens is 616 g/mol. The summed E-state index contributed by atoms with van der Waals surface area (Å²) in [5.74, 6) is -0.176. The molecule has 13 heteroatoms. The van der Waals surface area contributed by atoms with Crippen molar-refractivity contribution in [1.82, 2.24) is 33.9 Å². The number of likely N-dealkylation sites (tertiary alicyclic amines) is 2. The average molecular weight is 653 g/mol. The Labute approximate surface area is 275 Å². The van der Waals surface area contributed by atoms with Gasteiger partial charge in [0.25, 0.3) is 11.5 Å². The van der Waals surface area contributed by atoms with E-state index in [-0.39, 0.29) is 35.8 Å². The van der Waals surface area contributed by atoms with E-state index in [1.54, 1.807) is 35.3 Å². The van der Waals surface area contributed by atoms with Gasteiger partial charge in [0.05, 0.1) is 23.7 Å². The minimum absolute atomic E-state index is 0.0351. The first-order chi connectivity index (χ1) is 22.7. The molecule has 2 amide bonds. The molecule has 0 saturated carbocycles. The third-order valence-electron chi connectivity index (χ3n) is 9.51. The van der Waals surface area contributed by atoms with E-state index in [4.69, 9.17) is 5.73 Å². The number of piperidine rings is 2. The van der Waals surface area contributed by atoms with E-state index in [1.807, 2.05) is 53.2 Å². The number of hydrogen-bond acceptors (Lipinski definition) is 9. The quantitative estimate of drug-likeness (QED) is 0.284. The summed E-state index contributed by atoms with van der Waals surface area (Å²) >= 11 is 1.32. The Morgan fingerprint density at radius 1 is 1.04 bits per heavy atom. The largest absolute Gasteiger partial charge is 0.388 e. The van der Waals surface area contributed by atoms with E-state index < -0.39 is 5.60 Å². The lowest BCUT2D eigenvalue weighted by molar-refractivity contribution is -0.142. The summed E-state index contributed by atoms with van der Waals surface area (Å²) < 4.78 is 3.26. The number of nitrogens with two attached hydrogens (primary N) is 1. The highest BCUT2D eigenvalue weighted by molar-refractivity contribution is 7.16. The zero-order chi connectivity index (χ0) is 32.7. The van der Waals surface area contributed by atoms with Crippen LogP contribution in [0.15, 0.2) is 78.2 Å². The molecule has 2 saturated heterocycles. The van der Waals surface area contributed by atoms with Crippen LogP contribution in [0.4, 0.5) is 5.82 Å². The number of nitrogen functional groups attached to an aromatic ring is 1. The molecule has 5 aromatic rings. The lowest BCUT2D eigenvalue weighted by Gasteiger charge is -2.43. The minimum atomic E-state index is -1.13. The number of pyridine rings is 1. The molecule has 0 aliphatic carbocycles. The second-order valence-corrected chi connectivity index (χ2v) is 13.6. The second kappa shape index (κ2) is 12.4. The average Bonchev–Trinajstić information content (AvgIpc) is 3.74. The molecule has 7 rings (SSSR count). The molecule has 4 aromatic heterocycles. The van der Waals surface area contributed by atoms with Gasteiger partial charge in [-0.15, -0.1) is 11.3 Å². The molecule has 3 N–H and O–H groups in total. The van der Waals surface area contributed by atoms with Crippen molar-refractivity contribution >= 4 is 40.0 Å². The number of aryl methyl sites for hydroxylation is 1. The van der Waals surface area contributed by atoms with Crippen molar-refractivity contribution in [3.8, 4) is 10.6 Å². The molecule has 2 atom stereocenters. The van der Waals surface area contributed by atoms with Crippen molar-refractivity contribution in [2.24, 2.45) is 13.0 Å². The molecule has 0 bridgehead atoms. The Morgan fingerprint density at radius 2 is 1.83 bits per heavy atom. The molecule has 2 fully saturated rings. The zero-order valence-corrected chi connectivity index (χ0v) is 26.8. The summed E-state index contributed by atoms with van der Waals surface area (Å²) in [6.45, 7) is 1.74. The number of carbonyl (C=O) groups is 2. The number of carbonyl (C=O) groups excluding carboxylic acids is 2. The van der Waals surface area contributed by atoms with Crippen LogP contribution in [0.2, 0.25) is 0 Å². The summed E-state index contributed by atoms with van der Waals surface area (Å²) in [5.41, 5.74) is 6.94. The van der Waals surface area contributed by atoms with E-state index in [1.165, 1.54) is 22.2 Å². The molecule has 12 nitrogen and oxygen atoms in total. The second-order valence-electron chi connectivity index (χ2n) is 12.6. The summed E-state index contributed by atoms with van der Waals surface area (Å²) in [6.07, 6.45) is 7.72. The van der Waals surface area contributed by atoms with Crippen LogP contribution < -0.4 is 11.3 Å². The standard InChI is InChI=1S/C34H36N8O4S/c1-39-13-8-25-29(39)38-21-42(32(25)44)20-34(46)10-15-40(16-11-34)31(43)24-9-14-41(19-26(24)22-5-3-2-4-6-22)33(45)27-18-37-30(47-27)23-7-12-36-28(35)17-23/h2-8,12-13,17-18,21,24,26,46H,9-11,14-16,19-20H2,1H3,(H2,35,36)/t24-,26+/m1/s1. The summed E-state index contributed by atoms with van der Waals surface area (Å²) in [7, 11) is 1.83. The van der Waals surface area contributed by atoms with Crippen LogP contribution in [0.3, 0.4) is 0 Å². The van der Waals surface area contributed by atoms with Crippen molar-refractivity contribution in [1.29, 1.82) is 0 Å². The number of thiazole rings is 1. The Bertz CT molecular complexity index is 2000. The first-order valence-electron chi connectivity index (χ1n) is 15.7. The van der Waals surface area contributed by atoms with Gasteiger partial charge in [-0.3, -0.25) is 19.0 Å². The molecule has 47 heavy (non-hydrogen) atoms. The van der Waals surface area contributed by atoms with Gasteiger partial charge in [-0.1, -0.05) is 30.3 Å². The fraction of sp³-hybridized carbons (Fsp3) is 0.353. The van der Waals surface area contributed by atoms with Gasteiger partial charge in [-0.2, -0.15) is 0 Å². The fourth-order valence-corrected chi connectivity index (χ4v) is 7.74. The van der Waals surface area contributed by atoms with Crippen molar-refractivity contribution < 1.29 is 14.7 Å². The molecule has 2 aliphatic rings. The van der Waals surface area contributed by atoms with Gasteiger partial charge >= 0.3 is 0 Å². The Kier molecular flexibility index (Phi) is 8.10. The summed E-state index contributed by atoms with van der Waals surface area (Å²) in [6, 6.07) is 15.2. The number of benzene rings is 1. The van der Waals surface area contributed by atoms with Gasteiger partial charge in [-0.05, 0) is 43.0 Å². The number of rotatable bonds is 6. The van der Waals surface area contributed by atoms with Gasteiger partial charge in [0.1, 0.15) is 27.7 Å². The third-order valence-corrected chi connectivity index (χ3v) is 10.5. The number of amides is 2. The third kappa shape index (κ3) is 6.03. The number of fused-ring (bicyclic) bond motifs is 1. The first-order valence-corrected chi connectivity index (χ1v) is 16.5. The molecular formula is C34H36N8O4S. The molecule has 0 spiro atoms. The number of anilines is 1. The molecule has 2 aliphatic heterocycles. The Hall–Kier alpha value is -4.88. The minimum Gasteiger partial charge on any atom is -0.388 e. The van der Waals surface area contributed by atoms with E-state index in [0.717, 1.165) is 11.1 Å². The molecule has 0 radical (unpaired) electrons. The van der Waals surface area contributed by atoms with E-state index in [9.17, 15) is 19.5 Å². The number of aromatic nitrogens is 5. The summed E-state index contributed by atoms with van der Waals surface area (Å²) in [4.78, 5) is 57.9. The molecule has 0 unspecified atom stereocenters. The SMILES string of the molecule is Cn1ccc2c(=O)n(CC3(O)CCN(C(=O)[C@@H]4CCN(C(=O)c5cnc(-c6ccnc(N)c6)s5)C[C@H]4c4ccccc4)CC3)cnc21. The van der Waals surface area contributed by atoms with Crippen molar-refractivity contribution in [2.75, 3.05) is 31.9 Å². The van der Waals surface area contributed by atoms with E-state index in [0.29, 0.717) is 72.2 Å². The maximum atomic E-state index is 14.1. The van der Waals surface area contributed by atoms with Crippen LogP contribution in [0.25, 0.3) is 21.6 Å². The van der Waals surface area contributed by atoms with Crippen molar-refractivity contribution in [3.63, 3.8) is 0 Å². The van der Waals surface area contributed by atoms with Crippen LogP contribution >= 0.6 is 11.3 Å². The van der Waals surface area contributed by atoms with Crippen molar-refractivity contribution in [3.05, 3.63) is 94.2 Å². The van der Waals surface area contributed by atoms with Crippen LogP contribution in [-0.2, 0) is 18.4 Å². The molecule has 6 heterocycles. The van der Waals surface area contributed by atoms with Crippen LogP contribution in [0.5, 0.6) is 0 Å². The van der Waals surface area contributed by atoms with Gasteiger partial charge in [0.2, 0.25) is 5.91 Å². The zero-order valence-electron chi connectivity index (χ0n) is 26.0. The monoisotopic (exact) mass is 652 g/mol. The lowest BCUT2D eigenvalue weighted by atomic mass is 9.79. The maximum absolute atomic E-state index is 14.1. The van der Waals surface area contributed by atoms with Gasteiger partial charge < -0.3 is 25.2 Å². The fourth-order valence-electron chi connectivity index (χ4n) is 6.86. The highest BCUT2D eigenvalue weighted by Gasteiger charge is 2.42. The topological polar surface area (TPSA) is 152 Å².